The van der Waals surface area contributed by atoms with Crippen molar-refractivity contribution in [1.82, 2.24) is 0 Å². The molecular weight excluding hydrogens is 398 g/mol. The fourth-order valence-corrected chi connectivity index (χ4v) is 2.54. The smallest absolute Gasteiger partial charge is 0.310 e. The van der Waals surface area contributed by atoms with Crippen molar-refractivity contribution in [2.45, 2.75) is 6.61 Å². The number of anilines is 1. The van der Waals surface area contributed by atoms with Gasteiger partial charge in [0, 0.05) is 12.1 Å². The summed E-state index contributed by atoms with van der Waals surface area (Å²) in [6, 6.07) is 12.5. The molecule has 0 fully saturated rings. The molecule has 0 radical (unpaired) electrons. The number of rotatable bonds is 8. The summed E-state index contributed by atoms with van der Waals surface area (Å²) in [6.45, 7) is -0.126. The Morgan fingerprint density at radius 1 is 1.03 bits per heavy atom. The van der Waals surface area contributed by atoms with Crippen molar-refractivity contribution in [3.05, 3.63) is 86.3 Å². The van der Waals surface area contributed by atoms with Gasteiger partial charge >= 0.3 is 5.69 Å². The van der Waals surface area contributed by atoms with Crippen LogP contribution in [0.25, 0.3) is 0 Å². The van der Waals surface area contributed by atoms with Crippen LogP contribution in [0.4, 0.5) is 17.1 Å². The zero-order valence-corrected chi connectivity index (χ0v) is 15.6. The Morgan fingerprint density at radius 3 is 2.50 bits per heavy atom. The quantitative estimate of drug-likeness (QED) is 0.431. The molecule has 30 heavy (non-hydrogen) atoms. The molecule has 0 spiro atoms. The molecule has 0 saturated heterocycles. The summed E-state index contributed by atoms with van der Waals surface area (Å²) < 4.78 is 15.9. The summed E-state index contributed by atoms with van der Waals surface area (Å²) in [7, 11) is 1.32. The number of hydrogen-bond donors (Lipinski definition) is 1. The second-order valence-electron chi connectivity index (χ2n) is 5.88. The number of nitrogens with zero attached hydrogens (tertiary/aromatic N) is 2. The van der Waals surface area contributed by atoms with Crippen LogP contribution < -0.4 is 14.8 Å². The lowest BCUT2D eigenvalue weighted by Gasteiger charge is -2.09. The minimum atomic E-state index is -0.612. The summed E-state index contributed by atoms with van der Waals surface area (Å²) >= 11 is 0. The SMILES string of the molecule is COc1cc([N+](=O)[O-])ccc1NC(=O)c1ccc(COc2ccccc2[N+](=O)[O-])o1. The topological polar surface area (TPSA) is 147 Å². The van der Waals surface area contributed by atoms with Crippen LogP contribution in [0.2, 0.25) is 0 Å². The van der Waals surface area contributed by atoms with Crippen molar-refractivity contribution in [3.63, 3.8) is 0 Å². The average Bonchev–Trinajstić information content (AvgIpc) is 3.21. The van der Waals surface area contributed by atoms with Gasteiger partial charge in [0.05, 0.1) is 28.7 Å². The van der Waals surface area contributed by atoms with Crippen molar-refractivity contribution in [2.24, 2.45) is 0 Å². The Bertz CT molecular complexity index is 1110. The molecule has 3 aromatic rings. The van der Waals surface area contributed by atoms with Crippen LogP contribution in [-0.4, -0.2) is 22.9 Å². The molecule has 0 aliphatic rings. The highest BCUT2D eigenvalue weighted by Crippen LogP contribution is 2.30. The lowest BCUT2D eigenvalue weighted by molar-refractivity contribution is -0.386. The number of methoxy groups -OCH3 is 1. The van der Waals surface area contributed by atoms with Crippen LogP contribution >= 0.6 is 0 Å². The van der Waals surface area contributed by atoms with Crippen LogP contribution in [0.1, 0.15) is 16.3 Å². The molecule has 11 heteroatoms. The van der Waals surface area contributed by atoms with Crippen LogP contribution in [0.15, 0.2) is 59.0 Å². The lowest BCUT2D eigenvalue weighted by atomic mass is 10.2. The molecule has 0 aliphatic heterocycles. The van der Waals surface area contributed by atoms with Crippen LogP contribution in [-0.2, 0) is 6.61 Å². The average molecular weight is 413 g/mol. The fourth-order valence-electron chi connectivity index (χ4n) is 2.54. The standard InChI is InChI=1S/C19H15N3O8/c1-28-18-10-12(21(24)25)6-8-14(18)20-19(23)17-9-7-13(30-17)11-29-16-5-3-2-4-15(16)22(26)27/h2-10H,11H2,1H3,(H,20,23). The summed E-state index contributed by atoms with van der Waals surface area (Å²) in [4.78, 5) is 33.1. The molecule has 0 atom stereocenters. The monoisotopic (exact) mass is 413 g/mol. The number of para-hydroxylation sites is 2. The third kappa shape index (κ3) is 4.52. The Labute approximate surface area is 169 Å². The van der Waals surface area contributed by atoms with Gasteiger partial charge in [0.1, 0.15) is 18.1 Å². The Morgan fingerprint density at radius 2 is 1.80 bits per heavy atom. The highest BCUT2D eigenvalue weighted by molar-refractivity contribution is 6.03. The van der Waals surface area contributed by atoms with E-state index in [1.807, 2.05) is 0 Å². The molecule has 1 N–H and O–H groups in total. The molecule has 11 nitrogen and oxygen atoms in total. The number of carbonyl (C=O) groups is 1. The van der Waals surface area contributed by atoms with E-state index in [1.54, 1.807) is 6.07 Å². The third-order valence-electron chi connectivity index (χ3n) is 3.96. The normalized spacial score (nSPS) is 10.3. The van der Waals surface area contributed by atoms with Gasteiger partial charge in [-0.15, -0.1) is 0 Å². The van der Waals surface area contributed by atoms with Crippen molar-refractivity contribution in [3.8, 4) is 11.5 Å². The van der Waals surface area contributed by atoms with E-state index in [0.29, 0.717) is 0 Å². The number of nitro groups is 2. The highest BCUT2D eigenvalue weighted by atomic mass is 16.6. The van der Waals surface area contributed by atoms with E-state index in [2.05, 4.69) is 5.32 Å². The van der Waals surface area contributed by atoms with Gasteiger partial charge < -0.3 is 19.2 Å². The maximum atomic E-state index is 12.4. The molecule has 1 aromatic heterocycles. The summed E-state index contributed by atoms with van der Waals surface area (Å²) in [6.07, 6.45) is 0. The molecule has 2 aromatic carbocycles. The number of furan rings is 1. The maximum absolute atomic E-state index is 12.4. The van der Waals surface area contributed by atoms with Gasteiger partial charge in [-0.3, -0.25) is 25.0 Å². The summed E-state index contributed by atoms with van der Waals surface area (Å²) in [5.74, 6) is -0.200. The van der Waals surface area contributed by atoms with Crippen molar-refractivity contribution >= 4 is 23.0 Å². The zero-order valence-electron chi connectivity index (χ0n) is 15.6. The second-order valence-corrected chi connectivity index (χ2v) is 5.88. The predicted molar refractivity (Wildman–Crippen MR) is 104 cm³/mol. The first-order chi connectivity index (χ1) is 14.4. The van der Waals surface area contributed by atoms with E-state index in [9.17, 15) is 25.0 Å². The minimum Gasteiger partial charge on any atom is -0.494 e. The van der Waals surface area contributed by atoms with Crippen molar-refractivity contribution < 1.29 is 28.5 Å². The molecule has 1 amide bonds. The number of non-ortho nitro benzene ring substituents is 1. The van der Waals surface area contributed by atoms with Gasteiger partial charge in [-0.2, -0.15) is 0 Å². The first-order valence-corrected chi connectivity index (χ1v) is 8.47. The largest absolute Gasteiger partial charge is 0.494 e. The van der Waals surface area contributed by atoms with E-state index < -0.39 is 15.8 Å². The number of hydrogen-bond acceptors (Lipinski definition) is 8. The van der Waals surface area contributed by atoms with E-state index in [-0.39, 0.29) is 46.7 Å². The molecule has 0 unspecified atom stereocenters. The zero-order chi connectivity index (χ0) is 21.7. The molecular formula is C19H15N3O8. The Balaban J connectivity index is 1.69. The number of amides is 1. The molecule has 0 aliphatic carbocycles. The first kappa shape index (κ1) is 20.3. The van der Waals surface area contributed by atoms with Gasteiger partial charge in [0.15, 0.2) is 11.5 Å². The molecule has 3 rings (SSSR count). The van der Waals surface area contributed by atoms with E-state index in [1.165, 1.54) is 55.6 Å². The molecule has 1 heterocycles. The van der Waals surface area contributed by atoms with Gasteiger partial charge in [0.25, 0.3) is 11.6 Å². The maximum Gasteiger partial charge on any atom is 0.310 e. The highest BCUT2D eigenvalue weighted by Gasteiger charge is 2.18. The van der Waals surface area contributed by atoms with Gasteiger partial charge in [-0.25, -0.2) is 0 Å². The number of benzene rings is 2. The predicted octanol–water partition coefficient (Wildman–Crippen LogP) is 3.94. The van der Waals surface area contributed by atoms with E-state index in [4.69, 9.17) is 13.9 Å². The first-order valence-electron chi connectivity index (χ1n) is 8.47. The Kier molecular flexibility index (Phi) is 5.92. The van der Waals surface area contributed by atoms with Gasteiger partial charge in [0.2, 0.25) is 0 Å². The fraction of sp³-hybridized carbons (Fsp3) is 0.105. The van der Waals surface area contributed by atoms with Crippen molar-refractivity contribution in [1.29, 1.82) is 0 Å². The van der Waals surface area contributed by atoms with Gasteiger partial charge in [-0.1, -0.05) is 12.1 Å². The van der Waals surface area contributed by atoms with Crippen LogP contribution in [0.5, 0.6) is 11.5 Å². The van der Waals surface area contributed by atoms with Crippen LogP contribution in [0.3, 0.4) is 0 Å². The molecule has 0 saturated carbocycles. The van der Waals surface area contributed by atoms with Crippen LogP contribution in [0, 0.1) is 20.2 Å². The number of ether oxygens (including phenoxy) is 2. The summed E-state index contributed by atoms with van der Waals surface area (Å²) in [5, 5.41) is 24.4. The minimum absolute atomic E-state index is 0.0448. The van der Waals surface area contributed by atoms with E-state index >= 15 is 0 Å². The number of carbonyl (C=O) groups excluding carboxylic acids is 1. The second kappa shape index (κ2) is 8.73. The van der Waals surface area contributed by atoms with Crippen molar-refractivity contribution in [2.75, 3.05) is 12.4 Å². The molecule has 154 valence electrons. The summed E-state index contributed by atoms with van der Waals surface area (Å²) in [5.41, 5.74) is -0.146. The Hall–Kier alpha value is -4.41. The number of nitro benzene ring substituents is 2. The molecule has 0 bridgehead atoms. The lowest BCUT2D eigenvalue weighted by Crippen LogP contribution is -2.12. The third-order valence-corrected chi connectivity index (χ3v) is 3.96. The van der Waals surface area contributed by atoms with Gasteiger partial charge in [-0.05, 0) is 24.3 Å². The van der Waals surface area contributed by atoms with E-state index in [0.717, 1.165) is 0 Å². The number of nitrogens with one attached hydrogen (secondary N) is 1.